The fourth-order valence-electron chi connectivity index (χ4n) is 2.94. The van der Waals surface area contributed by atoms with Gasteiger partial charge in [-0.15, -0.1) is 0 Å². The molecule has 0 aliphatic heterocycles. The number of pyridine rings is 1. The minimum atomic E-state index is 0.421. The van der Waals surface area contributed by atoms with E-state index in [0.717, 1.165) is 22.9 Å². The molecule has 2 rings (SSSR count). The first-order chi connectivity index (χ1) is 9.00. The average molecular weight is 277 g/mol. The molecule has 0 spiro atoms. The molecular weight excluding hydrogens is 254 g/mol. The molecule has 3 nitrogen and oxygen atoms in total. The van der Waals surface area contributed by atoms with Gasteiger partial charge < -0.3 is 11.1 Å². The predicted molar refractivity (Wildman–Crippen MR) is 84.5 cm³/mol. The molecule has 1 aliphatic rings. The van der Waals surface area contributed by atoms with Gasteiger partial charge in [0.2, 0.25) is 0 Å². The van der Waals surface area contributed by atoms with E-state index < -0.39 is 0 Å². The maximum atomic E-state index is 5.83. The highest BCUT2D eigenvalue weighted by Gasteiger charge is 2.27. The first kappa shape index (κ1) is 14.3. The van der Waals surface area contributed by atoms with Crippen LogP contribution in [0.25, 0.3) is 0 Å². The third-order valence-corrected chi connectivity index (χ3v) is 4.64. The first-order valence-electron chi connectivity index (χ1n) is 7.02. The Morgan fingerprint density at radius 2 is 2.16 bits per heavy atom. The van der Waals surface area contributed by atoms with Crippen molar-refractivity contribution in [1.82, 2.24) is 4.98 Å². The zero-order valence-electron chi connectivity index (χ0n) is 11.9. The van der Waals surface area contributed by atoms with Crippen LogP contribution < -0.4 is 11.1 Å². The number of aryl methyl sites for hydroxylation is 1. The van der Waals surface area contributed by atoms with Crippen molar-refractivity contribution < 1.29 is 0 Å². The van der Waals surface area contributed by atoms with Gasteiger partial charge in [0.05, 0.1) is 5.56 Å². The number of thiocarbonyl (C=S) groups is 1. The maximum absolute atomic E-state index is 5.83. The molecule has 1 heterocycles. The van der Waals surface area contributed by atoms with Gasteiger partial charge >= 0.3 is 0 Å². The second-order valence-corrected chi connectivity index (χ2v) is 6.17. The lowest BCUT2D eigenvalue weighted by molar-refractivity contribution is 0.253. The van der Waals surface area contributed by atoms with Crippen molar-refractivity contribution in [1.29, 1.82) is 0 Å². The van der Waals surface area contributed by atoms with Gasteiger partial charge in [0.25, 0.3) is 0 Å². The Bertz CT molecular complexity index is 472. The van der Waals surface area contributed by atoms with Crippen LogP contribution in [0.1, 0.15) is 44.2 Å². The van der Waals surface area contributed by atoms with E-state index in [9.17, 15) is 0 Å². The zero-order chi connectivity index (χ0) is 14.0. The Morgan fingerprint density at radius 3 is 2.84 bits per heavy atom. The van der Waals surface area contributed by atoms with Gasteiger partial charge in [-0.2, -0.15) is 0 Å². The van der Waals surface area contributed by atoms with Gasteiger partial charge in [0.15, 0.2) is 0 Å². The number of aromatic nitrogens is 1. The summed E-state index contributed by atoms with van der Waals surface area (Å²) in [5.41, 5.74) is 7.81. The average Bonchev–Trinajstić information content (AvgIpc) is 2.34. The van der Waals surface area contributed by atoms with Crippen LogP contribution in [0.2, 0.25) is 0 Å². The molecule has 1 saturated carbocycles. The summed E-state index contributed by atoms with van der Waals surface area (Å²) in [7, 11) is 0. The van der Waals surface area contributed by atoms with Gasteiger partial charge in [0, 0.05) is 12.2 Å². The van der Waals surface area contributed by atoms with E-state index >= 15 is 0 Å². The van der Waals surface area contributed by atoms with Crippen LogP contribution in [-0.2, 0) is 0 Å². The highest BCUT2D eigenvalue weighted by atomic mass is 32.1. The Morgan fingerprint density at radius 1 is 1.42 bits per heavy atom. The van der Waals surface area contributed by atoms with E-state index in [1.807, 2.05) is 19.2 Å². The van der Waals surface area contributed by atoms with E-state index in [-0.39, 0.29) is 0 Å². The Labute approximate surface area is 121 Å². The number of nitrogens with one attached hydrogen (secondary N) is 1. The Hall–Kier alpha value is -1.16. The second kappa shape index (κ2) is 5.87. The lowest BCUT2D eigenvalue weighted by atomic mass is 9.78. The lowest BCUT2D eigenvalue weighted by Crippen LogP contribution is -2.36. The van der Waals surface area contributed by atoms with Crippen LogP contribution in [0.5, 0.6) is 0 Å². The molecule has 0 bridgehead atoms. The van der Waals surface area contributed by atoms with Crippen molar-refractivity contribution in [3.8, 4) is 0 Å². The van der Waals surface area contributed by atoms with Crippen LogP contribution in [0.4, 0.5) is 5.82 Å². The van der Waals surface area contributed by atoms with Crippen molar-refractivity contribution in [3.05, 3.63) is 23.4 Å². The van der Waals surface area contributed by atoms with Gasteiger partial charge in [-0.05, 0) is 36.8 Å². The molecule has 3 unspecified atom stereocenters. The lowest BCUT2D eigenvalue weighted by Gasteiger charge is -2.35. The third-order valence-electron chi connectivity index (χ3n) is 4.43. The minimum absolute atomic E-state index is 0.421. The third kappa shape index (κ3) is 3.06. The summed E-state index contributed by atoms with van der Waals surface area (Å²) in [6, 6.07) is 2.42. The molecule has 1 fully saturated rings. The number of anilines is 1. The van der Waals surface area contributed by atoms with E-state index in [4.69, 9.17) is 18.0 Å². The number of nitrogens with zero attached hydrogens (tertiary/aromatic N) is 1. The van der Waals surface area contributed by atoms with Crippen LogP contribution >= 0.6 is 12.2 Å². The largest absolute Gasteiger partial charge is 0.389 e. The topological polar surface area (TPSA) is 50.9 Å². The summed E-state index contributed by atoms with van der Waals surface area (Å²) in [4.78, 5) is 4.86. The van der Waals surface area contributed by atoms with E-state index in [2.05, 4.69) is 24.1 Å². The first-order valence-corrected chi connectivity index (χ1v) is 7.43. The molecule has 0 saturated heterocycles. The number of rotatable bonds is 3. The normalized spacial score (nSPS) is 27.0. The molecule has 0 amide bonds. The Kier molecular flexibility index (Phi) is 4.40. The highest BCUT2D eigenvalue weighted by Crippen LogP contribution is 2.32. The number of hydrogen-bond donors (Lipinski definition) is 2. The van der Waals surface area contributed by atoms with Crippen molar-refractivity contribution in [2.45, 2.75) is 46.1 Å². The van der Waals surface area contributed by atoms with E-state index in [1.54, 1.807) is 0 Å². The number of nitrogens with two attached hydrogens (primary N) is 1. The molecule has 4 heteroatoms. The molecule has 0 aromatic carbocycles. The molecule has 1 aromatic heterocycles. The summed E-state index contributed by atoms with van der Waals surface area (Å²) in [6.45, 7) is 6.67. The summed E-state index contributed by atoms with van der Waals surface area (Å²) >= 11 is 5.16. The van der Waals surface area contributed by atoms with Gasteiger partial charge in [0.1, 0.15) is 10.8 Å². The minimum Gasteiger partial charge on any atom is -0.389 e. The molecule has 1 aromatic rings. The molecular formula is C15H23N3S. The molecule has 3 atom stereocenters. The quantitative estimate of drug-likeness (QED) is 0.833. The molecule has 3 N–H and O–H groups in total. The van der Waals surface area contributed by atoms with Gasteiger partial charge in [-0.25, -0.2) is 4.98 Å². The number of hydrogen-bond acceptors (Lipinski definition) is 3. The Balaban J connectivity index is 2.23. The van der Waals surface area contributed by atoms with Crippen molar-refractivity contribution in [3.63, 3.8) is 0 Å². The van der Waals surface area contributed by atoms with Crippen molar-refractivity contribution in [2.24, 2.45) is 17.6 Å². The molecule has 0 radical (unpaired) electrons. The molecule has 104 valence electrons. The SMILES string of the molecule is Cc1ccnc(NC2CCCC(C)C2C)c1C(N)=S. The van der Waals surface area contributed by atoms with Crippen LogP contribution in [0.15, 0.2) is 12.3 Å². The monoisotopic (exact) mass is 277 g/mol. The summed E-state index contributed by atoms with van der Waals surface area (Å²) in [5.74, 6) is 2.25. The molecule has 19 heavy (non-hydrogen) atoms. The van der Waals surface area contributed by atoms with Crippen LogP contribution in [-0.4, -0.2) is 16.0 Å². The molecule has 1 aliphatic carbocycles. The fraction of sp³-hybridized carbons (Fsp3) is 0.600. The van der Waals surface area contributed by atoms with Gasteiger partial charge in [-0.1, -0.05) is 38.9 Å². The summed E-state index contributed by atoms with van der Waals surface area (Å²) in [6.07, 6.45) is 5.61. The van der Waals surface area contributed by atoms with Gasteiger partial charge in [-0.3, -0.25) is 0 Å². The smallest absolute Gasteiger partial charge is 0.136 e. The summed E-state index contributed by atoms with van der Waals surface area (Å²) < 4.78 is 0. The zero-order valence-corrected chi connectivity index (χ0v) is 12.8. The second-order valence-electron chi connectivity index (χ2n) is 5.73. The van der Waals surface area contributed by atoms with Crippen LogP contribution in [0.3, 0.4) is 0 Å². The van der Waals surface area contributed by atoms with Crippen LogP contribution in [0, 0.1) is 18.8 Å². The van der Waals surface area contributed by atoms with E-state index in [1.165, 1.54) is 19.3 Å². The van der Waals surface area contributed by atoms with E-state index in [0.29, 0.717) is 16.9 Å². The summed E-state index contributed by atoms with van der Waals surface area (Å²) in [5, 5.41) is 3.57. The fourth-order valence-corrected chi connectivity index (χ4v) is 3.20. The maximum Gasteiger partial charge on any atom is 0.136 e. The van der Waals surface area contributed by atoms with Crippen molar-refractivity contribution in [2.75, 3.05) is 5.32 Å². The predicted octanol–water partition coefficient (Wildman–Crippen LogP) is 3.26. The van der Waals surface area contributed by atoms with Crippen molar-refractivity contribution >= 4 is 23.0 Å². The standard InChI is InChI=1S/C15H23N3S/c1-9-5-4-6-12(11(9)3)18-15-13(14(16)19)10(2)7-8-17-15/h7-9,11-12H,4-6H2,1-3H3,(H2,16,19)(H,17,18). The highest BCUT2D eigenvalue weighted by molar-refractivity contribution is 7.80.